The number of benzene rings is 2. The Morgan fingerprint density at radius 3 is 2.52 bits per heavy atom. The highest BCUT2D eigenvalue weighted by Gasteiger charge is 2.03. The summed E-state index contributed by atoms with van der Waals surface area (Å²) in [5, 5.41) is 14.6. The molecule has 21 heavy (non-hydrogen) atoms. The van der Waals surface area contributed by atoms with Crippen molar-refractivity contribution < 1.29 is 4.79 Å². The van der Waals surface area contributed by atoms with Gasteiger partial charge in [0.25, 0.3) is 0 Å². The van der Waals surface area contributed by atoms with Crippen LogP contribution in [-0.2, 0) is 11.3 Å². The lowest BCUT2D eigenvalue weighted by molar-refractivity contribution is -0.119. The van der Waals surface area contributed by atoms with E-state index in [4.69, 9.17) is 5.26 Å². The first-order valence-corrected chi connectivity index (χ1v) is 6.74. The fourth-order valence-electron chi connectivity index (χ4n) is 1.91. The van der Waals surface area contributed by atoms with Crippen LogP contribution in [0, 0.1) is 18.3 Å². The van der Waals surface area contributed by atoms with Crippen molar-refractivity contribution in [3.63, 3.8) is 0 Å². The normalized spacial score (nSPS) is 9.71. The van der Waals surface area contributed by atoms with Gasteiger partial charge in [-0.3, -0.25) is 4.79 Å². The molecule has 2 rings (SSSR count). The average molecular weight is 279 g/mol. The van der Waals surface area contributed by atoms with Crippen molar-refractivity contribution in [1.29, 1.82) is 5.26 Å². The smallest absolute Gasteiger partial charge is 0.239 e. The van der Waals surface area contributed by atoms with E-state index in [0.717, 1.165) is 16.8 Å². The lowest BCUT2D eigenvalue weighted by atomic mass is 10.1. The van der Waals surface area contributed by atoms with Gasteiger partial charge in [-0.05, 0) is 42.3 Å². The summed E-state index contributed by atoms with van der Waals surface area (Å²) in [5.74, 6) is -0.0670. The first kappa shape index (κ1) is 14.6. The highest BCUT2D eigenvalue weighted by molar-refractivity contribution is 5.80. The summed E-state index contributed by atoms with van der Waals surface area (Å²) >= 11 is 0. The maximum Gasteiger partial charge on any atom is 0.239 e. The minimum atomic E-state index is -0.0670. The van der Waals surface area contributed by atoms with E-state index in [0.29, 0.717) is 12.1 Å². The zero-order valence-electron chi connectivity index (χ0n) is 11.9. The van der Waals surface area contributed by atoms with Crippen molar-refractivity contribution >= 4 is 11.6 Å². The van der Waals surface area contributed by atoms with Crippen LogP contribution in [0.3, 0.4) is 0 Å². The summed E-state index contributed by atoms with van der Waals surface area (Å²) in [4.78, 5) is 11.8. The Morgan fingerprint density at radius 2 is 1.86 bits per heavy atom. The number of carbonyl (C=O) groups is 1. The SMILES string of the molecule is Cc1ccccc1CNC(=O)CNc1ccc(C#N)cc1. The fourth-order valence-corrected chi connectivity index (χ4v) is 1.91. The summed E-state index contributed by atoms with van der Waals surface area (Å²) < 4.78 is 0. The maximum atomic E-state index is 11.8. The Hall–Kier alpha value is -2.80. The maximum absolute atomic E-state index is 11.8. The largest absolute Gasteiger partial charge is 0.376 e. The van der Waals surface area contributed by atoms with Gasteiger partial charge >= 0.3 is 0 Å². The molecule has 0 atom stereocenters. The number of amides is 1. The van der Waals surface area contributed by atoms with E-state index < -0.39 is 0 Å². The number of anilines is 1. The quantitative estimate of drug-likeness (QED) is 0.884. The summed E-state index contributed by atoms with van der Waals surface area (Å²) in [6.45, 7) is 2.76. The van der Waals surface area contributed by atoms with Gasteiger partial charge in [0, 0.05) is 12.2 Å². The van der Waals surface area contributed by atoms with Gasteiger partial charge < -0.3 is 10.6 Å². The van der Waals surface area contributed by atoms with Crippen molar-refractivity contribution in [2.24, 2.45) is 0 Å². The van der Waals surface area contributed by atoms with Crippen LogP contribution in [0.1, 0.15) is 16.7 Å². The van der Waals surface area contributed by atoms with Gasteiger partial charge in [-0.15, -0.1) is 0 Å². The molecule has 0 aliphatic rings. The summed E-state index contributed by atoms with van der Waals surface area (Å²) in [6, 6.07) is 17.0. The van der Waals surface area contributed by atoms with Crippen molar-refractivity contribution in [1.82, 2.24) is 5.32 Å². The van der Waals surface area contributed by atoms with Gasteiger partial charge in [-0.1, -0.05) is 24.3 Å². The molecule has 0 spiro atoms. The molecule has 0 aliphatic carbocycles. The molecule has 0 aliphatic heterocycles. The molecule has 4 heteroatoms. The minimum absolute atomic E-state index is 0.0670. The topological polar surface area (TPSA) is 64.9 Å². The standard InChI is InChI=1S/C17H17N3O/c1-13-4-2-3-5-15(13)11-20-17(21)12-19-16-8-6-14(10-18)7-9-16/h2-9,19H,11-12H2,1H3,(H,20,21). The van der Waals surface area contributed by atoms with E-state index in [1.807, 2.05) is 31.2 Å². The van der Waals surface area contributed by atoms with E-state index >= 15 is 0 Å². The van der Waals surface area contributed by atoms with Gasteiger partial charge in [-0.25, -0.2) is 0 Å². The van der Waals surface area contributed by atoms with Gasteiger partial charge in [-0.2, -0.15) is 5.26 Å². The molecule has 1 amide bonds. The van der Waals surface area contributed by atoms with E-state index in [1.54, 1.807) is 24.3 Å². The molecule has 0 aromatic heterocycles. The molecule has 0 unspecified atom stereocenters. The number of aryl methyl sites for hydroxylation is 1. The molecule has 2 N–H and O–H groups in total. The van der Waals surface area contributed by atoms with Gasteiger partial charge in [0.2, 0.25) is 5.91 Å². The third kappa shape index (κ3) is 4.36. The lowest BCUT2D eigenvalue weighted by Gasteiger charge is -2.09. The predicted molar refractivity (Wildman–Crippen MR) is 82.7 cm³/mol. The summed E-state index contributed by atoms with van der Waals surface area (Å²) in [5.41, 5.74) is 3.70. The highest BCUT2D eigenvalue weighted by atomic mass is 16.1. The third-order valence-electron chi connectivity index (χ3n) is 3.20. The van der Waals surface area contributed by atoms with Crippen LogP contribution in [0.5, 0.6) is 0 Å². The monoisotopic (exact) mass is 279 g/mol. The predicted octanol–water partition coefficient (Wildman–Crippen LogP) is 2.60. The molecule has 0 radical (unpaired) electrons. The van der Waals surface area contributed by atoms with Crippen LogP contribution in [-0.4, -0.2) is 12.5 Å². The van der Waals surface area contributed by atoms with Crippen molar-refractivity contribution in [3.8, 4) is 6.07 Å². The number of carbonyl (C=O) groups excluding carboxylic acids is 1. The molecular formula is C17H17N3O. The molecule has 4 nitrogen and oxygen atoms in total. The van der Waals surface area contributed by atoms with E-state index in [-0.39, 0.29) is 12.5 Å². The second kappa shape index (κ2) is 7.11. The van der Waals surface area contributed by atoms with Gasteiger partial charge in [0.05, 0.1) is 18.2 Å². The van der Waals surface area contributed by atoms with Crippen LogP contribution in [0.4, 0.5) is 5.69 Å². The lowest BCUT2D eigenvalue weighted by Crippen LogP contribution is -2.29. The molecular weight excluding hydrogens is 262 g/mol. The van der Waals surface area contributed by atoms with E-state index in [1.165, 1.54) is 0 Å². The number of nitrogens with zero attached hydrogens (tertiary/aromatic N) is 1. The molecule has 0 saturated heterocycles. The van der Waals surface area contributed by atoms with E-state index in [9.17, 15) is 4.79 Å². The summed E-state index contributed by atoms with van der Waals surface area (Å²) in [7, 11) is 0. The van der Waals surface area contributed by atoms with Crippen LogP contribution < -0.4 is 10.6 Å². The Kier molecular flexibility index (Phi) is 4.94. The van der Waals surface area contributed by atoms with Crippen molar-refractivity contribution in [3.05, 3.63) is 65.2 Å². The Bertz CT molecular complexity index is 656. The molecule has 0 saturated carbocycles. The Morgan fingerprint density at radius 1 is 1.14 bits per heavy atom. The van der Waals surface area contributed by atoms with Crippen molar-refractivity contribution in [2.45, 2.75) is 13.5 Å². The highest BCUT2D eigenvalue weighted by Crippen LogP contribution is 2.08. The zero-order valence-corrected chi connectivity index (χ0v) is 11.9. The van der Waals surface area contributed by atoms with Crippen molar-refractivity contribution in [2.75, 3.05) is 11.9 Å². The van der Waals surface area contributed by atoms with Crippen LogP contribution in [0.2, 0.25) is 0 Å². The number of rotatable bonds is 5. The summed E-state index contributed by atoms with van der Waals surface area (Å²) in [6.07, 6.45) is 0. The number of hydrogen-bond acceptors (Lipinski definition) is 3. The van der Waals surface area contributed by atoms with Crippen LogP contribution in [0.15, 0.2) is 48.5 Å². The van der Waals surface area contributed by atoms with Crippen LogP contribution >= 0.6 is 0 Å². The van der Waals surface area contributed by atoms with Gasteiger partial charge in [0.15, 0.2) is 0 Å². The number of hydrogen-bond donors (Lipinski definition) is 2. The molecule has 0 fully saturated rings. The number of nitriles is 1. The Balaban J connectivity index is 1.79. The Labute approximate surface area is 124 Å². The van der Waals surface area contributed by atoms with Crippen LogP contribution in [0.25, 0.3) is 0 Å². The average Bonchev–Trinajstić information content (AvgIpc) is 2.52. The van der Waals surface area contributed by atoms with E-state index in [2.05, 4.69) is 16.7 Å². The molecule has 0 bridgehead atoms. The van der Waals surface area contributed by atoms with Gasteiger partial charge in [0.1, 0.15) is 0 Å². The zero-order chi connectivity index (χ0) is 15.1. The molecule has 2 aromatic carbocycles. The third-order valence-corrected chi connectivity index (χ3v) is 3.20. The second-order valence-corrected chi connectivity index (χ2v) is 4.75. The first-order valence-electron chi connectivity index (χ1n) is 6.74. The number of nitrogens with one attached hydrogen (secondary N) is 2. The first-order chi connectivity index (χ1) is 10.2. The molecule has 106 valence electrons. The minimum Gasteiger partial charge on any atom is -0.376 e. The molecule has 0 heterocycles. The second-order valence-electron chi connectivity index (χ2n) is 4.75. The molecule has 2 aromatic rings. The fraction of sp³-hybridized carbons (Fsp3) is 0.176.